The number of rotatable bonds is 4. The molecule has 1 aromatic carbocycles. The Balaban J connectivity index is 1.63. The molecule has 1 saturated heterocycles. The molecule has 0 amide bonds. The first-order valence-electron chi connectivity index (χ1n) is 7.23. The Kier molecular flexibility index (Phi) is 4.48. The maximum Gasteiger partial charge on any atom is 0.118 e. The van der Waals surface area contributed by atoms with E-state index in [0.717, 1.165) is 37.7 Å². The fourth-order valence-corrected chi connectivity index (χ4v) is 2.58. The fraction of sp³-hybridized carbons (Fsp3) is 0.353. The van der Waals surface area contributed by atoms with Gasteiger partial charge >= 0.3 is 0 Å². The van der Waals surface area contributed by atoms with Crippen molar-refractivity contribution in [1.82, 2.24) is 9.88 Å². The van der Waals surface area contributed by atoms with E-state index in [4.69, 9.17) is 9.47 Å². The lowest BCUT2D eigenvalue weighted by molar-refractivity contribution is -0.0349. The van der Waals surface area contributed by atoms with Crippen molar-refractivity contribution in [3.8, 4) is 5.75 Å². The largest absolute Gasteiger partial charge is 0.497 e. The maximum absolute atomic E-state index is 5.84. The number of hydrogen-bond donors (Lipinski definition) is 0. The van der Waals surface area contributed by atoms with Crippen LogP contribution in [0, 0.1) is 0 Å². The summed E-state index contributed by atoms with van der Waals surface area (Å²) < 4.78 is 11.0. The lowest BCUT2D eigenvalue weighted by atomic mass is 10.1. The molecule has 1 unspecified atom stereocenters. The number of aromatic nitrogens is 1. The van der Waals surface area contributed by atoms with Gasteiger partial charge in [-0.25, -0.2) is 0 Å². The molecule has 0 bridgehead atoms. The van der Waals surface area contributed by atoms with Crippen molar-refractivity contribution in [2.24, 2.45) is 0 Å². The standard InChI is InChI=1S/C17H20N2O2/c1-20-15-7-5-14(6-8-15)12-19-10-11-21-17(13-19)16-4-2-3-9-18-16/h2-9,17H,10-13H2,1H3. The Morgan fingerprint density at radius 2 is 2.10 bits per heavy atom. The van der Waals surface area contributed by atoms with E-state index < -0.39 is 0 Å². The summed E-state index contributed by atoms with van der Waals surface area (Å²) in [7, 11) is 1.69. The van der Waals surface area contributed by atoms with E-state index in [1.165, 1.54) is 5.56 Å². The SMILES string of the molecule is COc1ccc(CN2CCOC(c3ccccn3)C2)cc1. The number of pyridine rings is 1. The van der Waals surface area contributed by atoms with Crippen molar-refractivity contribution in [2.75, 3.05) is 26.8 Å². The molecule has 110 valence electrons. The molecule has 1 atom stereocenters. The minimum absolute atomic E-state index is 0.0678. The molecule has 0 N–H and O–H groups in total. The van der Waals surface area contributed by atoms with Crippen LogP contribution < -0.4 is 4.74 Å². The number of ether oxygens (including phenoxy) is 2. The summed E-state index contributed by atoms with van der Waals surface area (Å²) in [6.45, 7) is 3.51. The highest BCUT2D eigenvalue weighted by atomic mass is 16.5. The molecule has 0 radical (unpaired) electrons. The van der Waals surface area contributed by atoms with Crippen molar-refractivity contribution in [1.29, 1.82) is 0 Å². The van der Waals surface area contributed by atoms with Crippen LogP contribution >= 0.6 is 0 Å². The molecule has 0 aliphatic carbocycles. The summed E-state index contributed by atoms with van der Waals surface area (Å²) in [6.07, 6.45) is 1.89. The predicted molar refractivity (Wildman–Crippen MR) is 81.2 cm³/mol. The molecule has 2 heterocycles. The first-order chi connectivity index (χ1) is 10.3. The lowest BCUT2D eigenvalue weighted by Crippen LogP contribution is -2.38. The van der Waals surface area contributed by atoms with Gasteiger partial charge in [0.05, 0.1) is 19.4 Å². The second kappa shape index (κ2) is 6.70. The second-order valence-electron chi connectivity index (χ2n) is 5.20. The van der Waals surface area contributed by atoms with Crippen LogP contribution in [0.3, 0.4) is 0 Å². The van der Waals surface area contributed by atoms with Gasteiger partial charge in [-0.2, -0.15) is 0 Å². The van der Waals surface area contributed by atoms with Gasteiger partial charge in [0.1, 0.15) is 11.9 Å². The van der Waals surface area contributed by atoms with Crippen molar-refractivity contribution < 1.29 is 9.47 Å². The van der Waals surface area contributed by atoms with E-state index in [0.29, 0.717) is 0 Å². The van der Waals surface area contributed by atoms with Gasteiger partial charge in [0, 0.05) is 25.8 Å². The van der Waals surface area contributed by atoms with Gasteiger partial charge in [0.15, 0.2) is 0 Å². The van der Waals surface area contributed by atoms with Crippen molar-refractivity contribution >= 4 is 0 Å². The number of morpholine rings is 1. The molecule has 4 heteroatoms. The van der Waals surface area contributed by atoms with Crippen molar-refractivity contribution in [3.63, 3.8) is 0 Å². The van der Waals surface area contributed by atoms with Gasteiger partial charge in [-0.1, -0.05) is 18.2 Å². The second-order valence-corrected chi connectivity index (χ2v) is 5.20. The van der Waals surface area contributed by atoms with E-state index >= 15 is 0 Å². The summed E-state index contributed by atoms with van der Waals surface area (Å²) in [6, 6.07) is 14.2. The average Bonchev–Trinajstić information content (AvgIpc) is 2.57. The molecule has 0 saturated carbocycles. The van der Waals surface area contributed by atoms with Crippen LogP contribution in [0.4, 0.5) is 0 Å². The minimum Gasteiger partial charge on any atom is -0.497 e. The fourth-order valence-electron chi connectivity index (χ4n) is 2.58. The molecule has 1 aliphatic heterocycles. The Labute approximate surface area is 125 Å². The Morgan fingerprint density at radius 3 is 2.81 bits per heavy atom. The molecule has 3 rings (SSSR count). The Morgan fingerprint density at radius 1 is 1.24 bits per heavy atom. The quantitative estimate of drug-likeness (QED) is 0.864. The molecule has 21 heavy (non-hydrogen) atoms. The zero-order valence-corrected chi connectivity index (χ0v) is 12.2. The molecule has 1 fully saturated rings. The van der Waals surface area contributed by atoms with Crippen LogP contribution in [0.5, 0.6) is 5.75 Å². The summed E-state index contributed by atoms with van der Waals surface area (Å²) in [5, 5.41) is 0. The van der Waals surface area contributed by atoms with Crippen molar-refractivity contribution in [2.45, 2.75) is 12.6 Å². The van der Waals surface area contributed by atoms with Crippen molar-refractivity contribution in [3.05, 3.63) is 59.9 Å². The highest BCUT2D eigenvalue weighted by molar-refractivity contribution is 5.27. The van der Waals surface area contributed by atoms with Crippen LogP contribution in [0.1, 0.15) is 17.4 Å². The molecule has 0 spiro atoms. The van der Waals surface area contributed by atoms with E-state index in [-0.39, 0.29) is 6.10 Å². The zero-order chi connectivity index (χ0) is 14.5. The van der Waals surface area contributed by atoms with Gasteiger partial charge in [0.2, 0.25) is 0 Å². The third-order valence-electron chi connectivity index (χ3n) is 3.73. The van der Waals surface area contributed by atoms with Gasteiger partial charge < -0.3 is 9.47 Å². The zero-order valence-electron chi connectivity index (χ0n) is 12.2. The number of hydrogen-bond acceptors (Lipinski definition) is 4. The van der Waals surface area contributed by atoms with Crippen LogP contribution in [0.2, 0.25) is 0 Å². The van der Waals surface area contributed by atoms with Crippen LogP contribution in [0.15, 0.2) is 48.7 Å². The Bertz CT molecular complexity index is 557. The lowest BCUT2D eigenvalue weighted by Gasteiger charge is -2.32. The van der Waals surface area contributed by atoms with Crippen LogP contribution in [-0.2, 0) is 11.3 Å². The molecule has 2 aromatic rings. The first kappa shape index (κ1) is 14.0. The smallest absolute Gasteiger partial charge is 0.118 e. The number of methoxy groups -OCH3 is 1. The molecule has 4 nitrogen and oxygen atoms in total. The van der Waals surface area contributed by atoms with Gasteiger partial charge in [-0.05, 0) is 29.8 Å². The third-order valence-corrected chi connectivity index (χ3v) is 3.73. The topological polar surface area (TPSA) is 34.6 Å². The molecular formula is C17H20N2O2. The van der Waals surface area contributed by atoms with E-state index in [9.17, 15) is 0 Å². The van der Waals surface area contributed by atoms with E-state index in [1.807, 2.05) is 36.5 Å². The highest BCUT2D eigenvalue weighted by Gasteiger charge is 2.22. The van der Waals surface area contributed by atoms with E-state index in [2.05, 4.69) is 22.0 Å². The number of nitrogens with zero attached hydrogens (tertiary/aromatic N) is 2. The van der Waals surface area contributed by atoms with Crippen LogP contribution in [0.25, 0.3) is 0 Å². The molecule has 1 aromatic heterocycles. The predicted octanol–water partition coefficient (Wildman–Crippen LogP) is 2.66. The van der Waals surface area contributed by atoms with E-state index in [1.54, 1.807) is 7.11 Å². The minimum atomic E-state index is 0.0678. The highest BCUT2D eigenvalue weighted by Crippen LogP contribution is 2.22. The van der Waals surface area contributed by atoms with Gasteiger partial charge in [-0.3, -0.25) is 9.88 Å². The van der Waals surface area contributed by atoms with Gasteiger partial charge in [0.25, 0.3) is 0 Å². The number of benzene rings is 1. The summed E-state index contributed by atoms with van der Waals surface area (Å²) >= 11 is 0. The molecule has 1 aliphatic rings. The maximum atomic E-state index is 5.84. The normalized spacial score (nSPS) is 19.4. The van der Waals surface area contributed by atoms with Crippen LogP contribution in [-0.4, -0.2) is 36.7 Å². The average molecular weight is 284 g/mol. The first-order valence-corrected chi connectivity index (χ1v) is 7.23. The summed E-state index contributed by atoms with van der Waals surface area (Å²) in [5.74, 6) is 0.895. The Hall–Kier alpha value is -1.91. The summed E-state index contributed by atoms with van der Waals surface area (Å²) in [4.78, 5) is 6.81. The van der Waals surface area contributed by atoms with Gasteiger partial charge in [-0.15, -0.1) is 0 Å². The third kappa shape index (κ3) is 3.60. The molecular weight excluding hydrogens is 264 g/mol. The monoisotopic (exact) mass is 284 g/mol. The summed E-state index contributed by atoms with van der Waals surface area (Å²) in [5.41, 5.74) is 2.30.